The Kier molecular flexibility index (Phi) is 4.55. The van der Waals surface area contributed by atoms with Crippen LogP contribution in [0.1, 0.15) is 15.9 Å². The van der Waals surface area contributed by atoms with Crippen molar-refractivity contribution < 1.29 is 9.90 Å². The standard InChI is InChI=1S/C13H10Br2N2O2/c14-10-5-9(6-11(15)12(10)18)13(19)17-7-8-1-3-16-4-2-8/h1-6,18H,7H2,(H,17,19). The number of nitrogens with one attached hydrogen (secondary N) is 1. The van der Waals surface area contributed by atoms with Crippen molar-refractivity contribution in [3.8, 4) is 5.75 Å². The molecular weight excluding hydrogens is 376 g/mol. The highest BCUT2D eigenvalue weighted by molar-refractivity contribution is 9.11. The molecule has 0 aliphatic carbocycles. The van der Waals surface area contributed by atoms with Crippen LogP contribution in [0.2, 0.25) is 0 Å². The molecule has 4 nitrogen and oxygen atoms in total. The number of hydrogen-bond donors (Lipinski definition) is 2. The fourth-order valence-corrected chi connectivity index (χ4v) is 2.67. The van der Waals surface area contributed by atoms with Gasteiger partial charge in [0.1, 0.15) is 5.75 Å². The molecule has 0 saturated carbocycles. The van der Waals surface area contributed by atoms with Crippen LogP contribution in [0.4, 0.5) is 0 Å². The van der Waals surface area contributed by atoms with Crippen LogP contribution in [0, 0.1) is 0 Å². The van der Waals surface area contributed by atoms with Crippen molar-refractivity contribution in [1.29, 1.82) is 0 Å². The summed E-state index contributed by atoms with van der Waals surface area (Å²) in [7, 11) is 0. The number of carbonyl (C=O) groups is 1. The third kappa shape index (κ3) is 3.54. The molecule has 1 aromatic heterocycles. The Bertz CT molecular complexity index is 580. The van der Waals surface area contributed by atoms with Crippen molar-refractivity contribution in [2.75, 3.05) is 0 Å². The normalized spacial score (nSPS) is 10.2. The molecule has 1 heterocycles. The summed E-state index contributed by atoms with van der Waals surface area (Å²) in [6.07, 6.45) is 3.35. The number of nitrogens with zero attached hydrogens (tertiary/aromatic N) is 1. The largest absolute Gasteiger partial charge is 0.506 e. The van der Waals surface area contributed by atoms with E-state index >= 15 is 0 Å². The summed E-state index contributed by atoms with van der Waals surface area (Å²) < 4.78 is 0.937. The first kappa shape index (κ1) is 14.0. The number of phenolic OH excluding ortho intramolecular Hbond substituents is 1. The quantitative estimate of drug-likeness (QED) is 0.852. The highest BCUT2D eigenvalue weighted by Crippen LogP contribution is 2.33. The average Bonchev–Trinajstić information content (AvgIpc) is 2.42. The van der Waals surface area contributed by atoms with Crippen LogP contribution in [0.3, 0.4) is 0 Å². The van der Waals surface area contributed by atoms with Gasteiger partial charge in [0.2, 0.25) is 0 Å². The number of benzene rings is 1. The molecule has 0 fully saturated rings. The van der Waals surface area contributed by atoms with E-state index in [1.807, 2.05) is 12.1 Å². The van der Waals surface area contributed by atoms with Crippen molar-refractivity contribution in [2.24, 2.45) is 0 Å². The highest BCUT2D eigenvalue weighted by atomic mass is 79.9. The minimum atomic E-state index is -0.210. The SMILES string of the molecule is O=C(NCc1ccncc1)c1cc(Br)c(O)c(Br)c1. The van der Waals surface area contributed by atoms with Crippen molar-refractivity contribution in [1.82, 2.24) is 10.3 Å². The first-order chi connectivity index (χ1) is 9.08. The van der Waals surface area contributed by atoms with Crippen LogP contribution in [0.15, 0.2) is 45.6 Å². The van der Waals surface area contributed by atoms with Gasteiger partial charge in [0, 0.05) is 24.5 Å². The number of aromatic nitrogens is 1. The van der Waals surface area contributed by atoms with Crippen molar-refractivity contribution in [3.05, 3.63) is 56.7 Å². The Labute approximate surface area is 127 Å². The van der Waals surface area contributed by atoms with E-state index in [0.29, 0.717) is 21.1 Å². The molecule has 0 radical (unpaired) electrons. The summed E-state index contributed by atoms with van der Waals surface area (Å²) in [5, 5.41) is 12.4. The molecule has 0 spiro atoms. The number of aromatic hydroxyl groups is 1. The second-order valence-corrected chi connectivity index (χ2v) is 5.54. The van der Waals surface area contributed by atoms with E-state index in [4.69, 9.17) is 0 Å². The summed E-state index contributed by atoms with van der Waals surface area (Å²) in [6.45, 7) is 0.428. The molecule has 6 heteroatoms. The minimum absolute atomic E-state index is 0.0747. The first-order valence-electron chi connectivity index (χ1n) is 5.43. The maximum absolute atomic E-state index is 12.0. The van der Waals surface area contributed by atoms with Crippen molar-refractivity contribution in [3.63, 3.8) is 0 Å². The predicted octanol–water partition coefficient (Wildman–Crippen LogP) is 3.24. The molecular formula is C13H10Br2N2O2. The zero-order valence-corrected chi connectivity index (χ0v) is 12.9. The Morgan fingerprint density at radius 3 is 2.37 bits per heavy atom. The molecule has 2 rings (SSSR count). The van der Waals surface area contributed by atoms with Crippen molar-refractivity contribution >= 4 is 37.8 Å². The topological polar surface area (TPSA) is 62.2 Å². The van der Waals surface area contributed by atoms with E-state index in [1.54, 1.807) is 24.5 Å². The molecule has 2 N–H and O–H groups in total. The van der Waals surface area contributed by atoms with Crippen LogP contribution < -0.4 is 5.32 Å². The molecule has 0 aliphatic rings. The third-order valence-corrected chi connectivity index (χ3v) is 3.69. The van der Waals surface area contributed by atoms with Gasteiger partial charge < -0.3 is 10.4 Å². The van der Waals surface area contributed by atoms with Gasteiger partial charge in [-0.3, -0.25) is 9.78 Å². The number of phenols is 1. The molecule has 0 saturated heterocycles. The van der Waals surface area contributed by atoms with Gasteiger partial charge in [0.05, 0.1) is 8.95 Å². The minimum Gasteiger partial charge on any atom is -0.506 e. The number of amides is 1. The molecule has 1 amide bonds. The second-order valence-electron chi connectivity index (χ2n) is 3.83. The van der Waals surface area contributed by atoms with Crippen LogP contribution in [0.5, 0.6) is 5.75 Å². The van der Waals surface area contributed by atoms with Crippen molar-refractivity contribution in [2.45, 2.75) is 6.54 Å². The van der Waals surface area contributed by atoms with E-state index in [1.165, 1.54) is 0 Å². The van der Waals surface area contributed by atoms with Crippen LogP contribution >= 0.6 is 31.9 Å². The monoisotopic (exact) mass is 384 g/mol. The van der Waals surface area contributed by atoms with Gasteiger partial charge in [0.15, 0.2) is 0 Å². The number of rotatable bonds is 3. The predicted molar refractivity (Wildman–Crippen MR) is 78.9 cm³/mol. The smallest absolute Gasteiger partial charge is 0.251 e. The van der Waals surface area contributed by atoms with Crippen LogP contribution in [0.25, 0.3) is 0 Å². The zero-order chi connectivity index (χ0) is 13.8. The second kappa shape index (κ2) is 6.16. The van der Waals surface area contributed by atoms with E-state index in [-0.39, 0.29) is 11.7 Å². The number of hydrogen-bond acceptors (Lipinski definition) is 3. The zero-order valence-electron chi connectivity index (χ0n) is 9.73. The lowest BCUT2D eigenvalue weighted by molar-refractivity contribution is 0.0950. The van der Waals surface area contributed by atoms with Gasteiger partial charge in [-0.05, 0) is 61.7 Å². The summed E-state index contributed by atoms with van der Waals surface area (Å²) in [5.41, 5.74) is 1.44. The number of pyridine rings is 1. The molecule has 2 aromatic rings. The van der Waals surface area contributed by atoms with E-state index < -0.39 is 0 Å². The lowest BCUT2D eigenvalue weighted by atomic mass is 10.2. The fraction of sp³-hybridized carbons (Fsp3) is 0.0769. The van der Waals surface area contributed by atoms with Gasteiger partial charge in [-0.1, -0.05) is 0 Å². The van der Waals surface area contributed by atoms with Gasteiger partial charge >= 0.3 is 0 Å². The van der Waals surface area contributed by atoms with Gasteiger partial charge in [0.25, 0.3) is 5.91 Å². The van der Waals surface area contributed by atoms with Gasteiger partial charge in [-0.25, -0.2) is 0 Å². The van der Waals surface area contributed by atoms with Gasteiger partial charge in [-0.2, -0.15) is 0 Å². The first-order valence-corrected chi connectivity index (χ1v) is 7.01. The average molecular weight is 386 g/mol. The van der Waals surface area contributed by atoms with E-state index in [2.05, 4.69) is 42.2 Å². The third-order valence-electron chi connectivity index (χ3n) is 2.48. The molecule has 0 unspecified atom stereocenters. The summed E-state index contributed by atoms with van der Waals surface area (Å²) >= 11 is 6.39. The fourth-order valence-electron chi connectivity index (χ4n) is 1.48. The lowest BCUT2D eigenvalue weighted by Gasteiger charge is -2.07. The molecule has 98 valence electrons. The number of halogens is 2. The Morgan fingerprint density at radius 2 is 1.79 bits per heavy atom. The van der Waals surface area contributed by atoms with Crippen LogP contribution in [-0.2, 0) is 6.54 Å². The van der Waals surface area contributed by atoms with Gasteiger partial charge in [-0.15, -0.1) is 0 Å². The Balaban J connectivity index is 2.08. The number of carbonyl (C=O) groups excluding carboxylic acids is 1. The molecule has 0 bridgehead atoms. The maximum Gasteiger partial charge on any atom is 0.251 e. The maximum atomic E-state index is 12.0. The summed E-state index contributed by atoms with van der Waals surface area (Å²) in [5.74, 6) is -0.135. The molecule has 1 aromatic carbocycles. The van der Waals surface area contributed by atoms with E-state index in [9.17, 15) is 9.90 Å². The Hall–Kier alpha value is -1.40. The Morgan fingerprint density at radius 1 is 1.21 bits per heavy atom. The van der Waals surface area contributed by atoms with Crippen LogP contribution in [-0.4, -0.2) is 16.0 Å². The highest BCUT2D eigenvalue weighted by Gasteiger charge is 2.11. The molecule has 0 atom stereocenters. The van der Waals surface area contributed by atoms with E-state index in [0.717, 1.165) is 5.56 Å². The summed E-state index contributed by atoms with van der Waals surface area (Å²) in [6, 6.07) is 6.82. The molecule has 19 heavy (non-hydrogen) atoms. The molecule has 0 aliphatic heterocycles. The summed E-state index contributed by atoms with van der Waals surface area (Å²) in [4.78, 5) is 15.9. The lowest BCUT2D eigenvalue weighted by Crippen LogP contribution is -2.22.